The van der Waals surface area contributed by atoms with Gasteiger partial charge in [0.2, 0.25) is 0 Å². The Hall–Kier alpha value is -0.0800. The quantitative estimate of drug-likeness (QED) is 0.790. The second-order valence-electron chi connectivity index (χ2n) is 6.30. The van der Waals surface area contributed by atoms with Gasteiger partial charge in [-0.3, -0.25) is 4.90 Å². The fraction of sp³-hybridized carbons (Fsp3) is 1.00. The molecule has 16 heavy (non-hydrogen) atoms. The van der Waals surface area contributed by atoms with Gasteiger partial charge in [0.1, 0.15) is 0 Å². The third kappa shape index (κ3) is 2.60. The molecule has 1 saturated carbocycles. The van der Waals surface area contributed by atoms with E-state index in [4.69, 9.17) is 0 Å². The van der Waals surface area contributed by atoms with Gasteiger partial charge >= 0.3 is 0 Å². The van der Waals surface area contributed by atoms with Crippen LogP contribution in [0.1, 0.15) is 52.4 Å². The van der Waals surface area contributed by atoms with Gasteiger partial charge in [0.05, 0.1) is 0 Å². The Bertz CT molecular complexity index is 219. The lowest BCUT2D eigenvalue weighted by molar-refractivity contribution is 0.142. The maximum absolute atomic E-state index is 3.57. The first-order valence-electron chi connectivity index (χ1n) is 7.06. The number of hydrogen-bond donors (Lipinski definition) is 1. The maximum atomic E-state index is 3.57. The molecule has 1 saturated heterocycles. The first-order chi connectivity index (χ1) is 7.63. The average molecular weight is 224 g/mol. The molecule has 1 unspecified atom stereocenters. The molecule has 2 aliphatic rings. The van der Waals surface area contributed by atoms with Crippen LogP contribution in [-0.2, 0) is 0 Å². The fourth-order valence-electron chi connectivity index (χ4n) is 3.57. The monoisotopic (exact) mass is 224 g/mol. The highest BCUT2D eigenvalue weighted by molar-refractivity contribution is 4.92. The zero-order valence-electron chi connectivity index (χ0n) is 11.3. The van der Waals surface area contributed by atoms with Crippen molar-refractivity contribution in [2.75, 3.05) is 20.1 Å². The van der Waals surface area contributed by atoms with Crippen molar-refractivity contribution < 1.29 is 0 Å². The molecule has 0 aromatic carbocycles. The largest absolute Gasteiger partial charge is 0.315 e. The van der Waals surface area contributed by atoms with E-state index in [0.29, 0.717) is 5.54 Å². The van der Waals surface area contributed by atoms with E-state index in [0.717, 1.165) is 12.0 Å². The molecule has 2 rings (SSSR count). The predicted molar refractivity (Wildman–Crippen MR) is 69.7 cm³/mol. The van der Waals surface area contributed by atoms with Crippen LogP contribution in [0.25, 0.3) is 0 Å². The van der Waals surface area contributed by atoms with E-state index in [1.807, 2.05) is 0 Å². The van der Waals surface area contributed by atoms with Gasteiger partial charge in [-0.2, -0.15) is 0 Å². The van der Waals surface area contributed by atoms with Crippen LogP contribution in [0.2, 0.25) is 0 Å². The molecule has 2 fully saturated rings. The van der Waals surface area contributed by atoms with Gasteiger partial charge in [0.15, 0.2) is 0 Å². The molecule has 1 atom stereocenters. The Morgan fingerprint density at radius 3 is 2.44 bits per heavy atom. The van der Waals surface area contributed by atoms with Crippen LogP contribution in [-0.4, -0.2) is 36.6 Å². The molecule has 0 radical (unpaired) electrons. The zero-order chi connectivity index (χ0) is 11.6. The number of nitrogens with zero attached hydrogens (tertiary/aromatic N) is 1. The average Bonchev–Trinajstić information content (AvgIpc) is 2.84. The molecule has 1 aliphatic heterocycles. The van der Waals surface area contributed by atoms with Crippen LogP contribution < -0.4 is 5.32 Å². The van der Waals surface area contributed by atoms with Gasteiger partial charge in [-0.15, -0.1) is 0 Å². The van der Waals surface area contributed by atoms with Crippen LogP contribution in [0.15, 0.2) is 0 Å². The molecule has 0 amide bonds. The lowest BCUT2D eigenvalue weighted by Gasteiger charge is -2.36. The molecule has 1 N–H and O–H groups in total. The van der Waals surface area contributed by atoms with Crippen LogP contribution in [0.4, 0.5) is 0 Å². The first-order valence-corrected chi connectivity index (χ1v) is 7.06. The molecule has 1 heterocycles. The van der Waals surface area contributed by atoms with Gasteiger partial charge in [0, 0.05) is 18.1 Å². The lowest BCUT2D eigenvalue weighted by Crippen LogP contribution is -2.48. The second-order valence-corrected chi connectivity index (χ2v) is 6.30. The van der Waals surface area contributed by atoms with Crippen LogP contribution in [0.3, 0.4) is 0 Å². The third-order valence-corrected chi connectivity index (χ3v) is 4.83. The topological polar surface area (TPSA) is 15.3 Å². The summed E-state index contributed by atoms with van der Waals surface area (Å²) in [5.74, 6) is 0.932. The van der Waals surface area contributed by atoms with E-state index in [2.05, 4.69) is 31.1 Å². The maximum Gasteiger partial charge on any atom is 0.0220 e. The molecule has 2 nitrogen and oxygen atoms in total. The molecular formula is C14H28N2. The van der Waals surface area contributed by atoms with Crippen molar-refractivity contribution in [1.82, 2.24) is 10.2 Å². The lowest BCUT2D eigenvalue weighted by atomic mass is 9.95. The Morgan fingerprint density at radius 1 is 1.25 bits per heavy atom. The fourth-order valence-corrected chi connectivity index (χ4v) is 3.57. The summed E-state index contributed by atoms with van der Waals surface area (Å²) in [5.41, 5.74) is 0.438. The molecule has 0 bridgehead atoms. The highest BCUT2D eigenvalue weighted by Crippen LogP contribution is 2.32. The smallest absolute Gasteiger partial charge is 0.0220 e. The SMILES string of the molecule is CNC(CN1CCCC1(C)C)C1CCCC1. The van der Waals surface area contributed by atoms with Gasteiger partial charge in [-0.05, 0) is 59.0 Å². The number of nitrogens with one attached hydrogen (secondary N) is 1. The molecule has 0 aromatic heterocycles. The summed E-state index contributed by atoms with van der Waals surface area (Å²) in [4.78, 5) is 2.70. The summed E-state index contributed by atoms with van der Waals surface area (Å²) >= 11 is 0. The zero-order valence-corrected chi connectivity index (χ0v) is 11.3. The highest BCUT2D eigenvalue weighted by Gasteiger charge is 2.35. The summed E-state index contributed by atoms with van der Waals surface area (Å²) in [6, 6.07) is 0.722. The standard InChI is InChI=1S/C14H28N2/c1-14(2)9-6-10-16(14)11-13(15-3)12-7-4-5-8-12/h12-13,15H,4-11H2,1-3H3. The molecule has 1 aliphatic carbocycles. The molecule has 94 valence electrons. The van der Waals surface area contributed by atoms with Gasteiger partial charge in [-0.1, -0.05) is 12.8 Å². The minimum absolute atomic E-state index is 0.438. The van der Waals surface area contributed by atoms with Gasteiger partial charge < -0.3 is 5.32 Å². The summed E-state index contributed by atoms with van der Waals surface area (Å²) in [5, 5.41) is 3.57. The van der Waals surface area contributed by atoms with E-state index in [1.165, 1.54) is 51.6 Å². The second kappa shape index (κ2) is 5.05. The molecular weight excluding hydrogens is 196 g/mol. The Labute approximate surface area is 101 Å². The summed E-state index contributed by atoms with van der Waals surface area (Å²) in [6.07, 6.45) is 8.54. The first kappa shape index (κ1) is 12.4. The molecule has 2 heteroatoms. The van der Waals surface area contributed by atoms with Crippen molar-refractivity contribution in [1.29, 1.82) is 0 Å². The number of likely N-dealkylation sites (N-methyl/N-ethyl adjacent to an activating group) is 1. The third-order valence-electron chi connectivity index (χ3n) is 4.83. The normalized spacial score (nSPS) is 28.7. The molecule has 0 aromatic rings. The van der Waals surface area contributed by atoms with Gasteiger partial charge in [-0.25, -0.2) is 0 Å². The minimum Gasteiger partial charge on any atom is -0.315 e. The van der Waals surface area contributed by atoms with E-state index in [-0.39, 0.29) is 0 Å². The Balaban J connectivity index is 1.90. The predicted octanol–water partition coefficient (Wildman–Crippen LogP) is 2.64. The summed E-state index contributed by atoms with van der Waals surface area (Å²) in [7, 11) is 2.14. The van der Waals surface area contributed by atoms with Crippen LogP contribution in [0.5, 0.6) is 0 Å². The minimum atomic E-state index is 0.438. The van der Waals surface area contributed by atoms with E-state index in [1.54, 1.807) is 0 Å². The van der Waals surface area contributed by atoms with Crippen molar-refractivity contribution in [3.63, 3.8) is 0 Å². The molecule has 0 spiro atoms. The number of hydrogen-bond acceptors (Lipinski definition) is 2. The Kier molecular flexibility index (Phi) is 3.91. The van der Waals surface area contributed by atoms with Crippen molar-refractivity contribution in [3.05, 3.63) is 0 Å². The number of likely N-dealkylation sites (tertiary alicyclic amines) is 1. The van der Waals surface area contributed by atoms with Crippen molar-refractivity contribution >= 4 is 0 Å². The van der Waals surface area contributed by atoms with Crippen LogP contribution >= 0.6 is 0 Å². The number of rotatable bonds is 4. The summed E-state index contributed by atoms with van der Waals surface area (Å²) < 4.78 is 0. The summed E-state index contributed by atoms with van der Waals surface area (Å²) in [6.45, 7) is 7.37. The van der Waals surface area contributed by atoms with E-state index in [9.17, 15) is 0 Å². The van der Waals surface area contributed by atoms with Crippen molar-refractivity contribution in [2.45, 2.75) is 64.0 Å². The van der Waals surface area contributed by atoms with E-state index >= 15 is 0 Å². The van der Waals surface area contributed by atoms with Gasteiger partial charge in [0.25, 0.3) is 0 Å². The van der Waals surface area contributed by atoms with Crippen molar-refractivity contribution in [2.24, 2.45) is 5.92 Å². The van der Waals surface area contributed by atoms with Crippen LogP contribution in [0, 0.1) is 5.92 Å². The van der Waals surface area contributed by atoms with E-state index < -0.39 is 0 Å². The highest BCUT2D eigenvalue weighted by atomic mass is 15.2. The van der Waals surface area contributed by atoms with Crippen molar-refractivity contribution in [3.8, 4) is 0 Å². The Morgan fingerprint density at radius 2 is 1.94 bits per heavy atom.